The largest absolute Gasteiger partial charge is 0.298 e. The molecule has 0 saturated carbocycles. The summed E-state index contributed by atoms with van der Waals surface area (Å²) in [6.07, 6.45) is 2.64. The highest BCUT2D eigenvalue weighted by molar-refractivity contribution is 4.92. The van der Waals surface area contributed by atoms with Crippen molar-refractivity contribution in [1.82, 2.24) is 10.6 Å². The molecule has 1 aliphatic heterocycles. The normalized spacial score (nSPS) is 40.5. The summed E-state index contributed by atoms with van der Waals surface area (Å²) < 4.78 is 0. The molecule has 0 aliphatic carbocycles. The smallest absolute Gasteiger partial charge is 0.0578 e. The van der Waals surface area contributed by atoms with E-state index in [1.165, 1.54) is 12.8 Å². The number of nitrogens with one attached hydrogen (secondary N) is 2. The molecule has 2 unspecified atom stereocenters. The second kappa shape index (κ2) is 3.35. The number of hydrogen-bond acceptors (Lipinski definition) is 2. The van der Waals surface area contributed by atoms with Crippen molar-refractivity contribution in [3.05, 3.63) is 6.92 Å². The van der Waals surface area contributed by atoms with Crippen LogP contribution in [0.4, 0.5) is 0 Å². The maximum absolute atomic E-state index is 3.91. The number of rotatable bonds is 2. The van der Waals surface area contributed by atoms with E-state index in [1.54, 1.807) is 0 Å². The quantitative estimate of drug-likeness (QED) is 0.606. The third-order valence-electron chi connectivity index (χ3n) is 2.20. The van der Waals surface area contributed by atoms with Crippen LogP contribution in [0.5, 0.6) is 0 Å². The Balaban J connectivity index is 0.000001000. The summed E-state index contributed by atoms with van der Waals surface area (Å²) in [5, 5.41) is 6.76. The van der Waals surface area contributed by atoms with Crippen LogP contribution in [0, 0.1) is 6.92 Å². The highest BCUT2D eigenvalue weighted by Gasteiger charge is 2.27. The van der Waals surface area contributed by atoms with Gasteiger partial charge in [-0.2, -0.15) is 0 Å². The fourth-order valence-corrected chi connectivity index (χ4v) is 1.60. The van der Waals surface area contributed by atoms with E-state index < -0.39 is 0 Å². The van der Waals surface area contributed by atoms with Gasteiger partial charge in [0.05, 0.1) is 6.17 Å². The monoisotopic (exact) mass is 143 g/mol. The Morgan fingerprint density at radius 2 is 1.60 bits per heavy atom. The van der Waals surface area contributed by atoms with Gasteiger partial charge in [-0.25, -0.2) is 0 Å². The molecule has 0 bridgehead atoms. The summed E-state index contributed by atoms with van der Waals surface area (Å²) in [6, 6.07) is 1.26. The minimum atomic E-state index is 0. The van der Waals surface area contributed by atoms with Crippen LogP contribution in [0.1, 0.15) is 28.1 Å². The molecule has 1 saturated heterocycles. The highest BCUT2D eigenvalue weighted by atomic mass is 15.2. The van der Waals surface area contributed by atoms with Gasteiger partial charge in [0.2, 0.25) is 0 Å². The molecule has 1 rings (SSSR count). The predicted octanol–water partition coefficient (Wildman–Crippen LogP) is 1.14. The molecule has 0 aromatic rings. The first-order valence-corrected chi connectivity index (χ1v) is 4.13. The van der Waals surface area contributed by atoms with Crippen LogP contribution < -0.4 is 10.6 Å². The van der Waals surface area contributed by atoms with Gasteiger partial charge < -0.3 is 0 Å². The average molecular weight is 143 g/mol. The van der Waals surface area contributed by atoms with Crippen molar-refractivity contribution in [3.8, 4) is 0 Å². The van der Waals surface area contributed by atoms with Gasteiger partial charge in [-0.05, 0) is 19.8 Å². The summed E-state index contributed by atoms with van der Waals surface area (Å²) in [5.74, 6) is 0. The van der Waals surface area contributed by atoms with E-state index in [2.05, 4.69) is 31.4 Å². The van der Waals surface area contributed by atoms with E-state index in [-0.39, 0.29) is 7.59 Å². The minimum Gasteiger partial charge on any atom is -0.298 e. The molecule has 1 radical (unpaired) electrons. The maximum Gasteiger partial charge on any atom is 0.0578 e. The Morgan fingerprint density at radius 3 is 1.90 bits per heavy atom. The lowest BCUT2D eigenvalue weighted by atomic mass is 10.1. The molecule has 0 aromatic heterocycles. The maximum atomic E-state index is 3.91. The van der Waals surface area contributed by atoms with Crippen molar-refractivity contribution in [2.45, 2.75) is 44.9 Å². The highest BCUT2D eigenvalue weighted by Crippen LogP contribution is 2.09. The molecule has 10 heavy (non-hydrogen) atoms. The third-order valence-corrected chi connectivity index (χ3v) is 2.20. The van der Waals surface area contributed by atoms with Crippen molar-refractivity contribution in [2.75, 3.05) is 0 Å². The first-order chi connectivity index (χ1) is 4.77. The predicted molar refractivity (Wildman–Crippen MR) is 45.7 cm³/mol. The molecule has 1 heterocycles. The van der Waals surface area contributed by atoms with Crippen molar-refractivity contribution in [1.29, 1.82) is 0 Å². The van der Waals surface area contributed by atoms with E-state index in [9.17, 15) is 0 Å². The van der Waals surface area contributed by atoms with E-state index in [0.29, 0.717) is 12.1 Å². The number of hydrogen-bond donors (Lipinski definition) is 2. The van der Waals surface area contributed by atoms with Gasteiger partial charge in [-0.3, -0.25) is 10.6 Å². The molecule has 0 amide bonds. The zero-order valence-corrected chi connectivity index (χ0v) is 6.85. The summed E-state index contributed by atoms with van der Waals surface area (Å²) in [5.41, 5.74) is 0. The van der Waals surface area contributed by atoms with E-state index >= 15 is 0 Å². The standard InChI is InChI=1S/C8H17N2.H2/c1-4-7-8(5-2)10-6(3)9-7;/h6-10H,3-5H2,1-2H3;1H. The first-order valence-electron chi connectivity index (χ1n) is 4.13. The Hall–Kier alpha value is -0.0800. The molecular weight excluding hydrogens is 124 g/mol. The Kier molecular flexibility index (Phi) is 2.69. The van der Waals surface area contributed by atoms with Gasteiger partial charge in [-0.1, -0.05) is 13.8 Å². The van der Waals surface area contributed by atoms with Gasteiger partial charge in [0.1, 0.15) is 0 Å². The molecule has 2 N–H and O–H groups in total. The first kappa shape index (κ1) is 8.02. The van der Waals surface area contributed by atoms with Crippen LogP contribution in [0.25, 0.3) is 0 Å². The Labute approximate surface area is 64.9 Å². The van der Waals surface area contributed by atoms with Gasteiger partial charge in [0.25, 0.3) is 0 Å². The van der Waals surface area contributed by atoms with Crippen LogP contribution in [0.15, 0.2) is 0 Å². The van der Waals surface area contributed by atoms with Crippen LogP contribution in [-0.2, 0) is 0 Å². The molecule has 2 heteroatoms. The second-order valence-corrected chi connectivity index (χ2v) is 2.92. The lowest BCUT2D eigenvalue weighted by molar-refractivity contribution is 0.484. The van der Waals surface area contributed by atoms with Gasteiger partial charge in [0, 0.05) is 13.5 Å². The average Bonchev–Trinajstić information content (AvgIpc) is 2.30. The van der Waals surface area contributed by atoms with Crippen molar-refractivity contribution in [3.63, 3.8) is 0 Å². The molecule has 0 aromatic carbocycles. The summed E-state index contributed by atoms with van der Waals surface area (Å²) in [7, 11) is 0. The fourth-order valence-electron chi connectivity index (χ4n) is 1.60. The zero-order chi connectivity index (χ0) is 7.56. The van der Waals surface area contributed by atoms with E-state index in [0.717, 1.165) is 0 Å². The molecule has 0 spiro atoms. The molecule has 61 valence electrons. The van der Waals surface area contributed by atoms with Crippen molar-refractivity contribution < 1.29 is 1.43 Å². The molecular formula is C8H19N2. The van der Waals surface area contributed by atoms with Gasteiger partial charge in [0.15, 0.2) is 0 Å². The molecule has 2 atom stereocenters. The third kappa shape index (κ3) is 1.50. The fraction of sp³-hybridized carbons (Fsp3) is 0.875. The van der Waals surface area contributed by atoms with Gasteiger partial charge in [-0.15, -0.1) is 0 Å². The Morgan fingerprint density at radius 1 is 1.20 bits per heavy atom. The van der Waals surface area contributed by atoms with Gasteiger partial charge >= 0.3 is 0 Å². The van der Waals surface area contributed by atoms with Crippen LogP contribution in [0.3, 0.4) is 0 Å². The van der Waals surface area contributed by atoms with Crippen LogP contribution >= 0.6 is 0 Å². The van der Waals surface area contributed by atoms with Crippen molar-refractivity contribution in [2.24, 2.45) is 0 Å². The summed E-state index contributed by atoms with van der Waals surface area (Å²) in [4.78, 5) is 0. The zero-order valence-electron chi connectivity index (χ0n) is 6.85. The molecule has 1 fully saturated rings. The SMILES string of the molecule is [CH2]C1NC(CC)C(CC)N1.[HH]. The lowest BCUT2D eigenvalue weighted by Gasteiger charge is -2.14. The lowest BCUT2D eigenvalue weighted by Crippen LogP contribution is -2.31. The Bertz CT molecular complexity index is 96.3. The van der Waals surface area contributed by atoms with Crippen LogP contribution in [-0.4, -0.2) is 18.2 Å². The minimum absolute atomic E-state index is 0. The van der Waals surface area contributed by atoms with Crippen LogP contribution in [0.2, 0.25) is 0 Å². The van der Waals surface area contributed by atoms with E-state index in [4.69, 9.17) is 0 Å². The molecule has 2 nitrogen and oxygen atoms in total. The topological polar surface area (TPSA) is 24.1 Å². The summed E-state index contributed by atoms with van der Waals surface area (Å²) >= 11 is 0. The second-order valence-electron chi connectivity index (χ2n) is 2.92. The van der Waals surface area contributed by atoms with E-state index in [1.807, 2.05) is 0 Å². The van der Waals surface area contributed by atoms with Crippen molar-refractivity contribution >= 4 is 0 Å². The molecule has 1 aliphatic rings. The summed E-state index contributed by atoms with van der Waals surface area (Å²) in [6.45, 7) is 8.33.